The summed E-state index contributed by atoms with van der Waals surface area (Å²) in [4.78, 5) is 32.1. The molecule has 3 rings (SSSR count). The second-order valence-electron chi connectivity index (χ2n) is 8.14. The van der Waals surface area contributed by atoms with Crippen molar-refractivity contribution < 1.29 is 14.3 Å². The van der Waals surface area contributed by atoms with Gasteiger partial charge in [-0.2, -0.15) is 0 Å². The molecule has 0 atom stereocenters. The highest BCUT2D eigenvalue weighted by Gasteiger charge is 2.22. The molecule has 0 aliphatic carbocycles. The summed E-state index contributed by atoms with van der Waals surface area (Å²) in [6.07, 6.45) is 0.934. The summed E-state index contributed by atoms with van der Waals surface area (Å²) in [6, 6.07) is 21.5. The van der Waals surface area contributed by atoms with Crippen molar-refractivity contribution >= 4 is 29.0 Å². The number of amides is 3. The van der Waals surface area contributed by atoms with E-state index in [-0.39, 0.29) is 18.5 Å². The zero-order valence-electron chi connectivity index (χ0n) is 20.1. The van der Waals surface area contributed by atoms with Crippen LogP contribution in [0, 0.1) is 6.92 Å². The van der Waals surface area contributed by atoms with Crippen LogP contribution in [0.15, 0.2) is 66.7 Å². The van der Waals surface area contributed by atoms with Crippen LogP contribution in [0.1, 0.15) is 27.8 Å². The lowest BCUT2D eigenvalue weighted by molar-refractivity contribution is -0.133. The van der Waals surface area contributed by atoms with Gasteiger partial charge < -0.3 is 19.9 Å². The van der Waals surface area contributed by atoms with Crippen LogP contribution < -0.4 is 5.32 Å². The van der Waals surface area contributed by atoms with Gasteiger partial charge in [0.2, 0.25) is 5.91 Å². The highest BCUT2D eigenvalue weighted by atomic mass is 32.1. The molecular weight excluding hydrogens is 446 g/mol. The number of anilines is 1. The molecule has 0 radical (unpaired) electrons. The van der Waals surface area contributed by atoms with Crippen molar-refractivity contribution in [3.8, 4) is 0 Å². The number of methoxy groups -OCH3 is 1. The standard InChI is InChI=1S/C27H33N3O3S/c1-4-22-11-13-24(14-12-22)28-27(32)29(16-17-33-3)20-26(31)30(18-23-8-6-5-7-9-23)19-25-15-10-21(2)34-25/h5-15H,4,16-20H2,1-3H3,(H,28,32). The first kappa shape index (κ1) is 25.5. The van der Waals surface area contributed by atoms with E-state index in [4.69, 9.17) is 4.74 Å². The third-order valence-corrected chi connectivity index (χ3v) is 6.49. The predicted molar refractivity (Wildman–Crippen MR) is 138 cm³/mol. The number of carbonyl (C=O) groups is 2. The third kappa shape index (κ3) is 7.71. The van der Waals surface area contributed by atoms with E-state index in [0.717, 1.165) is 16.9 Å². The smallest absolute Gasteiger partial charge is 0.322 e. The molecule has 34 heavy (non-hydrogen) atoms. The number of rotatable bonds is 11. The SMILES string of the molecule is CCc1ccc(NC(=O)N(CCOC)CC(=O)N(Cc2ccccc2)Cc2ccc(C)s2)cc1. The van der Waals surface area contributed by atoms with Gasteiger partial charge in [0.15, 0.2) is 0 Å². The Balaban J connectivity index is 1.73. The number of hydrogen-bond donors (Lipinski definition) is 1. The molecule has 0 saturated heterocycles. The molecule has 0 aliphatic heterocycles. The van der Waals surface area contributed by atoms with Gasteiger partial charge in [-0.15, -0.1) is 11.3 Å². The largest absolute Gasteiger partial charge is 0.383 e. The van der Waals surface area contributed by atoms with Crippen molar-refractivity contribution in [3.05, 3.63) is 87.6 Å². The van der Waals surface area contributed by atoms with Crippen molar-refractivity contribution in [3.63, 3.8) is 0 Å². The van der Waals surface area contributed by atoms with E-state index in [2.05, 4.69) is 31.3 Å². The van der Waals surface area contributed by atoms with Crippen LogP contribution in [0.4, 0.5) is 10.5 Å². The van der Waals surface area contributed by atoms with E-state index < -0.39 is 0 Å². The second-order valence-corrected chi connectivity index (χ2v) is 9.52. The first-order valence-electron chi connectivity index (χ1n) is 11.5. The maximum absolute atomic E-state index is 13.4. The normalized spacial score (nSPS) is 10.7. The fourth-order valence-electron chi connectivity index (χ4n) is 3.54. The zero-order chi connectivity index (χ0) is 24.3. The predicted octanol–water partition coefficient (Wildman–Crippen LogP) is 5.33. The minimum Gasteiger partial charge on any atom is -0.383 e. The summed E-state index contributed by atoms with van der Waals surface area (Å²) < 4.78 is 5.19. The molecule has 0 aliphatic rings. The Morgan fingerprint density at radius 3 is 2.26 bits per heavy atom. The monoisotopic (exact) mass is 479 g/mol. The lowest BCUT2D eigenvalue weighted by Gasteiger charge is -2.27. The molecule has 0 bridgehead atoms. The number of hydrogen-bond acceptors (Lipinski definition) is 4. The van der Waals surface area contributed by atoms with Crippen LogP contribution in [0.3, 0.4) is 0 Å². The molecule has 3 amide bonds. The van der Waals surface area contributed by atoms with Gasteiger partial charge >= 0.3 is 6.03 Å². The van der Waals surface area contributed by atoms with Crippen LogP contribution >= 0.6 is 11.3 Å². The zero-order valence-corrected chi connectivity index (χ0v) is 20.9. The first-order chi connectivity index (χ1) is 16.5. The molecule has 0 saturated carbocycles. The molecule has 0 unspecified atom stereocenters. The number of aryl methyl sites for hydroxylation is 2. The highest BCUT2D eigenvalue weighted by Crippen LogP contribution is 2.19. The summed E-state index contributed by atoms with van der Waals surface area (Å²) >= 11 is 1.68. The summed E-state index contributed by atoms with van der Waals surface area (Å²) in [5, 5.41) is 2.91. The van der Waals surface area contributed by atoms with Gasteiger partial charge in [-0.05, 0) is 48.7 Å². The van der Waals surface area contributed by atoms with Crippen LogP contribution in [0.5, 0.6) is 0 Å². The molecule has 180 valence electrons. The average molecular weight is 480 g/mol. The Hall–Kier alpha value is -3.16. The molecule has 1 aromatic heterocycles. The molecular formula is C27H33N3O3S. The Kier molecular flexibility index (Phi) is 9.67. The number of ether oxygens (including phenoxy) is 1. The van der Waals surface area contributed by atoms with E-state index in [1.807, 2.05) is 59.5 Å². The Morgan fingerprint density at radius 2 is 1.65 bits per heavy atom. The summed E-state index contributed by atoms with van der Waals surface area (Å²) in [7, 11) is 1.59. The molecule has 1 N–H and O–H groups in total. The van der Waals surface area contributed by atoms with Crippen molar-refractivity contribution in [1.29, 1.82) is 0 Å². The van der Waals surface area contributed by atoms with Crippen molar-refractivity contribution in [2.45, 2.75) is 33.4 Å². The van der Waals surface area contributed by atoms with E-state index in [1.165, 1.54) is 15.3 Å². The minimum absolute atomic E-state index is 0.0283. The second kappa shape index (κ2) is 12.9. The molecule has 7 heteroatoms. The molecule has 2 aromatic carbocycles. The van der Waals surface area contributed by atoms with Crippen molar-refractivity contribution in [2.24, 2.45) is 0 Å². The Bertz CT molecular complexity index is 1050. The van der Waals surface area contributed by atoms with Gasteiger partial charge in [0.1, 0.15) is 6.54 Å². The van der Waals surface area contributed by atoms with E-state index in [1.54, 1.807) is 18.4 Å². The van der Waals surface area contributed by atoms with Gasteiger partial charge in [-0.25, -0.2) is 4.79 Å². The maximum Gasteiger partial charge on any atom is 0.322 e. The van der Waals surface area contributed by atoms with Crippen LogP contribution in [-0.2, 0) is 29.0 Å². The van der Waals surface area contributed by atoms with Crippen LogP contribution in [0.2, 0.25) is 0 Å². The van der Waals surface area contributed by atoms with Gasteiger partial charge in [0.05, 0.1) is 13.2 Å². The number of nitrogens with one attached hydrogen (secondary N) is 1. The number of thiophene rings is 1. The van der Waals surface area contributed by atoms with E-state index in [9.17, 15) is 9.59 Å². The summed E-state index contributed by atoms with van der Waals surface area (Å²) in [6.45, 7) is 5.77. The number of nitrogens with zero attached hydrogens (tertiary/aromatic N) is 2. The average Bonchev–Trinajstić information content (AvgIpc) is 3.26. The van der Waals surface area contributed by atoms with Gasteiger partial charge in [-0.1, -0.05) is 49.4 Å². The minimum atomic E-state index is -0.318. The van der Waals surface area contributed by atoms with Crippen molar-refractivity contribution in [2.75, 3.05) is 32.1 Å². The number of urea groups is 1. The molecule has 0 fully saturated rings. The van der Waals surface area contributed by atoms with E-state index >= 15 is 0 Å². The number of benzene rings is 2. The Labute approximate surface area is 206 Å². The molecule has 6 nitrogen and oxygen atoms in total. The molecule has 3 aromatic rings. The topological polar surface area (TPSA) is 61.9 Å². The first-order valence-corrected chi connectivity index (χ1v) is 12.3. The summed E-state index contributed by atoms with van der Waals surface area (Å²) in [5.74, 6) is -0.109. The van der Waals surface area contributed by atoms with Gasteiger partial charge in [-0.3, -0.25) is 4.79 Å². The van der Waals surface area contributed by atoms with Gasteiger partial charge in [0, 0.05) is 35.6 Å². The van der Waals surface area contributed by atoms with Crippen molar-refractivity contribution in [1.82, 2.24) is 9.80 Å². The number of carbonyl (C=O) groups excluding carboxylic acids is 2. The highest BCUT2D eigenvalue weighted by molar-refractivity contribution is 7.11. The fourth-order valence-corrected chi connectivity index (χ4v) is 4.44. The molecule has 1 heterocycles. The summed E-state index contributed by atoms with van der Waals surface area (Å²) in [5.41, 5.74) is 2.95. The third-order valence-electron chi connectivity index (χ3n) is 5.50. The van der Waals surface area contributed by atoms with Crippen LogP contribution in [-0.4, -0.2) is 48.5 Å². The van der Waals surface area contributed by atoms with Gasteiger partial charge in [0.25, 0.3) is 0 Å². The Morgan fingerprint density at radius 1 is 0.912 bits per heavy atom. The lowest BCUT2D eigenvalue weighted by atomic mass is 10.1. The van der Waals surface area contributed by atoms with E-state index in [0.29, 0.717) is 31.9 Å². The quantitative estimate of drug-likeness (QED) is 0.404. The lowest BCUT2D eigenvalue weighted by Crippen LogP contribution is -2.45. The molecule has 0 spiro atoms. The van der Waals surface area contributed by atoms with Crippen LogP contribution in [0.25, 0.3) is 0 Å². The maximum atomic E-state index is 13.4. The fraction of sp³-hybridized carbons (Fsp3) is 0.333.